The summed E-state index contributed by atoms with van der Waals surface area (Å²) in [5.41, 5.74) is 1.02. The number of hydrogen-bond donors (Lipinski definition) is 1. The zero-order chi connectivity index (χ0) is 13.5. The Balaban J connectivity index is 1.92. The summed E-state index contributed by atoms with van der Waals surface area (Å²) in [6.45, 7) is 3.81. The number of fused-ring (bicyclic) bond motifs is 2. The van der Waals surface area contributed by atoms with Gasteiger partial charge >= 0.3 is 0 Å². The molecule has 0 aliphatic carbocycles. The van der Waals surface area contributed by atoms with E-state index >= 15 is 0 Å². The van der Waals surface area contributed by atoms with Gasteiger partial charge in [0, 0.05) is 22.2 Å². The Morgan fingerprint density at radius 2 is 2.42 bits per heavy atom. The summed E-state index contributed by atoms with van der Waals surface area (Å²) in [5.74, 6) is 0. The molecule has 19 heavy (non-hydrogen) atoms. The summed E-state index contributed by atoms with van der Waals surface area (Å²) >= 11 is 1.54. The zero-order valence-electron chi connectivity index (χ0n) is 11.0. The molecule has 1 fully saturated rings. The molecule has 0 aromatic carbocycles. The Morgan fingerprint density at radius 3 is 3.16 bits per heavy atom. The van der Waals surface area contributed by atoms with E-state index in [1.54, 1.807) is 0 Å². The van der Waals surface area contributed by atoms with Gasteiger partial charge in [-0.05, 0) is 44.4 Å². The van der Waals surface area contributed by atoms with Gasteiger partial charge in [-0.2, -0.15) is 0 Å². The summed E-state index contributed by atoms with van der Waals surface area (Å²) in [6, 6.07) is 2.39. The number of alkyl halides is 2. The van der Waals surface area contributed by atoms with Gasteiger partial charge < -0.3 is 10.1 Å². The van der Waals surface area contributed by atoms with E-state index in [4.69, 9.17) is 4.74 Å². The fourth-order valence-electron chi connectivity index (χ4n) is 3.26. The number of ether oxygens (including phenoxy) is 1. The first kappa shape index (κ1) is 13.5. The number of piperidine rings is 1. The summed E-state index contributed by atoms with van der Waals surface area (Å²) in [4.78, 5) is 2.01. The Labute approximate surface area is 116 Å². The molecule has 1 N–H and O–H groups in total. The second kappa shape index (κ2) is 5.11. The van der Waals surface area contributed by atoms with E-state index < -0.39 is 6.43 Å². The number of thiophene rings is 1. The van der Waals surface area contributed by atoms with Crippen LogP contribution in [0.1, 0.15) is 35.1 Å². The molecule has 0 bridgehead atoms. The van der Waals surface area contributed by atoms with E-state index in [2.05, 4.69) is 12.2 Å². The minimum Gasteiger partial charge on any atom is -0.369 e. The van der Waals surface area contributed by atoms with Gasteiger partial charge in [0.2, 0.25) is 6.43 Å². The molecule has 0 saturated carbocycles. The lowest BCUT2D eigenvalue weighted by Crippen LogP contribution is -2.48. The van der Waals surface area contributed by atoms with Gasteiger partial charge in [0.15, 0.2) is 0 Å². The first-order valence-corrected chi connectivity index (χ1v) is 7.68. The second-order valence-corrected chi connectivity index (χ2v) is 6.70. The lowest BCUT2D eigenvalue weighted by Gasteiger charge is -2.42. The normalized spacial score (nSPS) is 30.8. The van der Waals surface area contributed by atoms with Crippen molar-refractivity contribution >= 4 is 11.3 Å². The highest BCUT2D eigenvalue weighted by atomic mass is 32.1. The molecule has 2 aliphatic rings. The maximum Gasteiger partial charge on any atom is 0.243 e. The van der Waals surface area contributed by atoms with Gasteiger partial charge in [0.1, 0.15) is 5.60 Å². The molecule has 0 unspecified atom stereocenters. The van der Waals surface area contributed by atoms with Crippen LogP contribution in [-0.2, 0) is 23.2 Å². The van der Waals surface area contributed by atoms with E-state index in [1.165, 1.54) is 21.8 Å². The minimum absolute atomic E-state index is 0.123. The first-order valence-electron chi connectivity index (χ1n) is 6.87. The van der Waals surface area contributed by atoms with E-state index in [1.807, 2.05) is 6.07 Å². The van der Waals surface area contributed by atoms with Crippen LogP contribution in [0.4, 0.5) is 8.78 Å². The lowest BCUT2D eigenvalue weighted by atomic mass is 9.83. The van der Waals surface area contributed by atoms with Crippen LogP contribution in [0.25, 0.3) is 0 Å². The van der Waals surface area contributed by atoms with Crippen LogP contribution in [0, 0.1) is 0 Å². The van der Waals surface area contributed by atoms with Crippen LogP contribution < -0.4 is 5.32 Å². The largest absolute Gasteiger partial charge is 0.369 e. The van der Waals surface area contributed by atoms with Crippen LogP contribution >= 0.6 is 11.3 Å². The number of rotatable bonds is 2. The van der Waals surface area contributed by atoms with Gasteiger partial charge in [-0.3, -0.25) is 0 Å². The zero-order valence-corrected chi connectivity index (χ0v) is 11.9. The lowest BCUT2D eigenvalue weighted by molar-refractivity contribution is -0.0848. The molecule has 2 aliphatic heterocycles. The van der Waals surface area contributed by atoms with Crippen molar-refractivity contribution in [2.75, 3.05) is 13.2 Å². The van der Waals surface area contributed by atoms with Crippen molar-refractivity contribution in [3.8, 4) is 0 Å². The topological polar surface area (TPSA) is 21.3 Å². The van der Waals surface area contributed by atoms with Crippen LogP contribution in [0.2, 0.25) is 0 Å². The SMILES string of the molecule is C[C@H]1C[C@@]2(CCN1)OCCc1cc(CC(F)F)sc12. The number of halogens is 2. The second-order valence-electron chi connectivity index (χ2n) is 5.56. The van der Waals surface area contributed by atoms with Gasteiger partial charge in [-0.25, -0.2) is 8.78 Å². The van der Waals surface area contributed by atoms with Gasteiger partial charge in [0.05, 0.1) is 6.61 Å². The molecule has 1 saturated heterocycles. The van der Waals surface area contributed by atoms with Gasteiger partial charge in [-0.15, -0.1) is 11.3 Å². The predicted molar refractivity (Wildman–Crippen MR) is 72.1 cm³/mol. The molecule has 2 nitrogen and oxygen atoms in total. The number of hydrogen-bond acceptors (Lipinski definition) is 3. The quantitative estimate of drug-likeness (QED) is 0.902. The molecule has 1 aromatic heterocycles. The Morgan fingerprint density at radius 1 is 1.58 bits per heavy atom. The molecular weight excluding hydrogens is 268 g/mol. The fourth-order valence-corrected chi connectivity index (χ4v) is 4.65. The van der Waals surface area contributed by atoms with Crippen molar-refractivity contribution in [1.29, 1.82) is 0 Å². The molecule has 5 heteroatoms. The highest BCUT2D eigenvalue weighted by Crippen LogP contribution is 2.45. The third-order valence-corrected chi connectivity index (χ3v) is 5.42. The van der Waals surface area contributed by atoms with E-state index in [-0.39, 0.29) is 12.0 Å². The summed E-state index contributed by atoms with van der Waals surface area (Å²) in [6.07, 6.45) is 0.359. The maximum absolute atomic E-state index is 12.5. The summed E-state index contributed by atoms with van der Waals surface area (Å²) in [7, 11) is 0. The molecule has 0 amide bonds. The third kappa shape index (κ3) is 2.56. The predicted octanol–water partition coefficient (Wildman–Crippen LogP) is 3.10. The molecule has 0 radical (unpaired) electrons. The number of nitrogens with one attached hydrogen (secondary N) is 1. The Kier molecular flexibility index (Phi) is 3.62. The molecule has 2 atom stereocenters. The van der Waals surface area contributed by atoms with Crippen molar-refractivity contribution in [3.05, 3.63) is 21.4 Å². The fraction of sp³-hybridized carbons (Fsp3) is 0.714. The van der Waals surface area contributed by atoms with Crippen LogP contribution in [0.3, 0.4) is 0 Å². The van der Waals surface area contributed by atoms with E-state index in [0.717, 1.165) is 30.7 Å². The first-order chi connectivity index (χ1) is 9.09. The van der Waals surface area contributed by atoms with Crippen molar-refractivity contribution in [3.63, 3.8) is 0 Å². The molecule has 1 spiro atoms. The highest BCUT2D eigenvalue weighted by Gasteiger charge is 2.42. The smallest absolute Gasteiger partial charge is 0.243 e. The third-order valence-electron chi connectivity index (χ3n) is 4.04. The molecule has 106 valence electrons. The maximum atomic E-state index is 12.5. The van der Waals surface area contributed by atoms with Crippen molar-refractivity contribution in [1.82, 2.24) is 5.32 Å². The minimum atomic E-state index is -2.26. The summed E-state index contributed by atoms with van der Waals surface area (Å²) in [5, 5.41) is 3.43. The standard InChI is InChI=1S/C14H19F2NOS/c1-9-8-14(3-4-17-9)13-10(2-5-18-14)6-11(19-13)7-12(15)16/h6,9,12,17H,2-5,7-8H2,1H3/t9-,14+/m0/s1. The summed E-state index contributed by atoms with van der Waals surface area (Å²) < 4.78 is 31.2. The monoisotopic (exact) mass is 287 g/mol. The van der Waals surface area contributed by atoms with Crippen LogP contribution in [0.5, 0.6) is 0 Å². The highest BCUT2D eigenvalue weighted by molar-refractivity contribution is 7.12. The van der Waals surface area contributed by atoms with Crippen molar-refractivity contribution in [2.24, 2.45) is 0 Å². The van der Waals surface area contributed by atoms with Crippen molar-refractivity contribution < 1.29 is 13.5 Å². The van der Waals surface area contributed by atoms with E-state index in [9.17, 15) is 8.78 Å². The molecule has 3 rings (SSSR count). The molecular formula is C14H19F2NOS. The Hall–Kier alpha value is -0.520. The van der Waals surface area contributed by atoms with Crippen LogP contribution in [0.15, 0.2) is 6.07 Å². The average Bonchev–Trinajstić information content (AvgIpc) is 2.72. The van der Waals surface area contributed by atoms with Gasteiger partial charge in [0.25, 0.3) is 0 Å². The van der Waals surface area contributed by atoms with Crippen molar-refractivity contribution in [2.45, 2.75) is 50.7 Å². The Bertz CT molecular complexity index is 462. The average molecular weight is 287 g/mol. The molecule has 3 heterocycles. The molecule has 1 aromatic rings. The van der Waals surface area contributed by atoms with Crippen LogP contribution in [-0.4, -0.2) is 25.6 Å². The van der Waals surface area contributed by atoms with E-state index in [0.29, 0.717) is 12.6 Å². The van der Waals surface area contributed by atoms with Gasteiger partial charge in [-0.1, -0.05) is 0 Å².